The molecule has 3 heterocycles. The minimum absolute atomic E-state index is 0.0155. The van der Waals surface area contributed by atoms with Crippen molar-refractivity contribution in [3.63, 3.8) is 0 Å². The summed E-state index contributed by atoms with van der Waals surface area (Å²) in [4.78, 5) is 19.3. The standard InChI is InChI=1S/C28H27FN2O3/c1-17-12-18(29)15-30-26(17)28(33)13-19-10-11-20(14-28)31(19)27(32)34-16-25-23-8-4-2-6-21(23)22-7-3-5-9-24(22)25/h2-9,12,15,19-20,25,33H,10-11,13-14,16H2,1H3. The Balaban J connectivity index is 1.19. The lowest BCUT2D eigenvalue weighted by Gasteiger charge is -2.43. The van der Waals surface area contributed by atoms with Gasteiger partial charge < -0.3 is 14.7 Å². The number of benzene rings is 2. The molecule has 3 aromatic rings. The molecule has 0 radical (unpaired) electrons. The second-order valence-corrected chi connectivity index (χ2v) is 9.86. The maximum atomic E-state index is 13.6. The number of fused-ring (bicyclic) bond motifs is 5. The van der Waals surface area contributed by atoms with Crippen molar-refractivity contribution in [3.05, 3.63) is 89.0 Å². The van der Waals surface area contributed by atoms with Gasteiger partial charge in [0.2, 0.25) is 0 Å². The number of aryl methyl sites for hydroxylation is 1. The van der Waals surface area contributed by atoms with Gasteiger partial charge in [0.05, 0.1) is 11.9 Å². The van der Waals surface area contributed by atoms with Gasteiger partial charge in [0, 0.05) is 30.8 Å². The third-order valence-electron chi connectivity index (χ3n) is 7.80. The van der Waals surface area contributed by atoms with Crippen LogP contribution in [-0.4, -0.2) is 39.8 Å². The summed E-state index contributed by atoms with van der Waals surface area (Å²) in [6, 6.07) is 17.7. The van der Waals surface area contributed by atoms with Crippen LogP contribution in [0.1, 0.15) is 54.0 Å². The molecular formula is C28H27FN2O3. The normalized spacial score (nSPS) is 25.2. The Hall–Kier alpha value is -3.25. The van der Waals surface area contributed by atoms with E-state index in [-0.39, 0.29) is 30.7 Å². The summed E-state index contributed by atoms with van der Waals surface area (Å²) in [5.74, 6) is -0.398. The number of aromatic nitrogens is 1. The lowest BCUT2D eigenvalue weighted by atomic mass is 9.82. The molecule has 2 bridgehead atoms. The Kier molecular flexibility index (Phi) is 4.96. The number of carbonyl (C=O) groups is 1. The van der Waals surface area contributed by atoms with Crippen LogP contribution < -0.4 is 0 Å². The SMILES string of the molecule is Cc1cc(F)cnc1C1(O)CC2CCC(C1)N2C(=O)OCC1c2ccccc2-c2ccccc21. The van der Waals surface area contributed by atoms with Crippen molar-refractivity contribution >= 4 is 6.09 Å². The second kappa shape index (κ2) is 7.91. The fraction of sp³-hybridized carbons (Fsp3) is 0.357. The first-order valence-corrected chi connectivity index (χ1v) is 11.9. The minimum atomic E-state index is -1.16. The first-order valence-electron chi connectivity index (χ1n) is 11.9. The van der Waals surface area contributed by atoms with Crippen molar-refractivity contribution in [3.8, 4) is 11.1 Å². The van der Waals surface area contributed by atoms with Gasteiger partial charge in [-0.25, -0.2) is 9.18 Å². The maximum absolute atomic E-state index is 13.6. The molecule has 2 aliphatic heterocycles. The van der Waals surface area contributed by atoms with Gasteiger partial charge in [0.25, 0.3) is 0 Å². The van der Waals surface area contributed by atoms with Crippen molar-refractivity contribution in [1.82, 2.24) is 9.88 Å². The van der Waals surface area contributed by atoms with Crippen LogP contribution >= 0.6 is 0 Å². The zero-order chi connectivity index (χ0) is 23.4. The number of pyridine rings is 1. The number of amides is 1. The van der Waals surface area contributed by atoms with E-state index in [2.05, 4.69) is 29.2 Å². The fourth-order valence-corrected chi connectivity index (χ4v) is 6.41. The summed E-state index contributed by atoms with van der Waals surface area (Å²) in [5, 5.41) is 11.5. The van der Waals surface area contributed by atoms with Crippen molar-refractivity contribution in [2.75, 3.05) is 6.61 Å². The average molecular weight is 459 g/mol. The molecule has 0 spiro atoms. The lowest BCUT2D eigenvalue weighted by molar-refractivity contribution is -0.0563. The summed E-state index contributed by atoms with van der Waals surface area (Å²) >= 11 is 0. The van der Waals surface area contributed by atoms with E-state index in [1.165, 1.54) is 28.3 Å². The zero-order valence-electron chi connectivity index (χ0n) is 19.1. The van der Waals surface area contributed by atoms with Gasteiger partial charge in [-0.1, -0.05) is 48.5 Å². The van der Waals surface area contributed by atoms with Crippen LogP contribution in [0.15, 0.2) is 60.8 Å². The van der Waals surface area contributed by atoms with Crippen LogP contribution in [0.4, 0.5) is 9.18 Å². The third kappa shape index (κ3) is 3.31. The number of carbonyl (C=O) groups excluding carboxylic acids is 1. The van der Waals surface area contributed by atoms with Crippen LogP contribution in [0.2, 0.25) is 0 Å². The van der Waals surface area contributed by atoms with E-state index < -0.39 is 11.4 Å². The van der Waals surface area contributed by atoms with E-state index >= 15 is 0 Å². The van der Waals surface area contributed by atoms with Crippen molar-refractivity contribution < 1.29 is 19.0 Å². The van der Waals surface area contributed by atoms with Crippen LogP contribution in [0.5, 0.6) is 0 Å². The predicted octanol–water partition coefficient (Wildman–Crippen LogP) is 5.29. The highest BCUT2D eigenvalue weighted by Gasteiger charge is 2.51. The molecule has 34 heavy (non-hydrogen) atoms. The van der Waals surface area contributed by atoms with Gasteiger partial charge in [-0.15, -0.1) is 0 Å². The van der Waals surface area contributed by atoms with E-state index in [4.69, 9.17) is 4.74 Å². The zero-order valence-corrected chi connectivity index (χ0v) is 19.1. The van der Waals surface area contributed by atoms with Crippen LogP contribution in [-0.2, 0) is 10.3 Å². The molecule has 1 aromatic heterocycles. The van der Waals surface area contributed by atoms with E-state index in [0.29, 0.717) is 24.1 Å². The number of piperidine rings is 1. The smallest absolute Gasteiger partial charge is 0.410 e. The number of ether oxygens (including phenoxy) is 1. The number of aliphatic hydroxyl groups is 1. The summed E-state index contributed by atoms with van der Waals surface area (Å²) in [5.41, 5.74) is 4.75. The number of hydrogen-bond donors (Lipinski definition) is 1. The monoisotopic (exact) mass is 458 g/mol. The molecule has 0 saturated carbocycles. The van der Waals surface area contributed by atoms with Gasteiger partial charge in [0.1, 0.15) is 18.0 Å². The van der Waals surface area contributed by atoms with Crippen LogP contribution in [0, 0.1) is 12.7 Å². The number of hydrogen-bond acceptors (Lipinski definition) is 4. The lowest BCUT2D eigenvalue weighted by Crippen LogP contribution is -2.52. The van der Waals surface area contributed by atoms with Gasteiger partial charge >= 0.3 is 6.09 Å². The maximum Gasteiger partial charge on any atom is 0.410 e. The Bertz CT molecular complexity index is 1220. The molecule has 174 valence electrons. The van der Waals surface area contributed by atoms with E-state index in [1.54, 1.807) is 6.92 Å². The van der Waals surface area contributed by atoms with Crippen molar-refractivity contribution in [2.45, 2.75) is 56.2 Å². The molecule has 2 saturated heterocycles. The molecule has 2 fully saturated rings. The second-order valence-electron chi connectivity index (χ2n) is 9.86. The Labute approximate surface area is 198 Å². The average Bonchev–Trinajstić information content (AvgIpc) is 3.29. The summed E-state index contributed by atoms with van der Waals surface area (Å²) in [6.07, 6.45) is 3.23. The summed E-state index contributed by atoms with van der Waals surface area (Å²) in [7, 11) is 0. The molecule has 1 N–H and O–H groups in total. The Morgan fingerprint density at radius 1 is 1.09 bits per heavy atom. The van der Waals surface area contributed by atoms with Crippen LogP contribution in [0.3, 0.4) is 0 Å². The predicted molar refractivity (Wildman–Crippen MR) is 126 cm³/mol. The van der Waals surface area contributed by atoms with E-state index in [0.717, 1.165) is 19.0 Å². The van der Waals surface area contributed by atoms with Gasteiger partial charge in [-0.3, -0.25) is 4.98 Å². The minimum Gasteiger partial charge on any atom is -0.448 e. The molecule has 6 heteroatoms. The Morgan fingerprint density at radius 3 is 2.26 bits per heavy atom. The van der Waals surface area contributed by atoms with Crippen molar-refractivity contribution in [1.29, 1.82) is 0 Å². The van der Waals surface area contributed by atoms with E-state index in [9.17, 15) is 14.3 Å². The van der Waals surface area contributed by atoms with Gasteiger partial charge in [0.15, 0.2) is 0 Å². The quantitative estimate of drug-likeness (QED) is 0.579. The first-order chi connectivity index (χ1) is 16.4. The molecule has 2 atom stereocenters. The summed E-state index contributed by atoms with van der Waals surface area (Å²) in [6.45, 7) is 2.05. The Morgan fingerprint density at radius 2 is 1.68 bits per heavy atom. The molecule has 2 unspecified atom stereocenters. The van der Waals surface area contributed by atoms with Crippen molar-refractivity contribution in [2.24, 2.45) is 0 Å². The molecule has 3 aliphatic rings. The fourth-order valence-electron chi connectivity index (χ4n) is 6.41. The summed E-state index contributed by atoms with van der Waals surface area (Å²) < 4.78 is 19.5. The number of rotatable bonds is 3. The van der Waals surface area contributed by atoms with Gasteiger partial charge in [-0.2, -0.15) is 0 Å². The molecule has 6 rings (SSSR count). The molecule has 5 nitrogen and oxygen atoms in total. The van der Waals surface area contributed by atoms with Gasteiger partial charge in [-0.05, 0) is 53.6 Å². The molecule has 2 aromatic carbocycles. The third-order valence-corrected chi connectivity index (χ3v) is 7.80. The highest BCUT2D eigenvalue weighted by Crippen LogP contribution is 2.47. The largest absolute Gasteiger partial charge is 0.448 e. The molecule has 1 aliphatic carbocycles. The first kappa shape index (κ1) is 21.3. The number of nitrogens with zero attached hydrogens (tertiary/aromatic N) is 2. The highest BCUT2D eigenvalue weighted by atomic mass is 19.1. The highest BCUT2D eigenvalue weighted by molar-refractivity contribution is 5.79. The number of halogens is 1. The van der Waals surface area contributed by atoms with Crippen LogP contribution in [0.25, 0.3) is 11.1 Å². The molecular weight excluding hydrogens is 431 g/mol. The topological polar surface area (TPSA) is 62.7 Å². The van der Waals surface area contributed by atoms with E-state index in [1.807, 2.05) is 29.2 Å². The molecule has 1 amide bonds.